The Morgan fingerprint density at radius 2 is 1.75 bits per heavy atom. The lowest BCUT2D eigenvalue weighted by atomic mass is 10.1. The summed E-state index contributed by atoms with van der Waals surface area (Å²) in [5.74, 6) is -1.25. The number of hydrogen-bond acceptors (Lipinski definition) is 6. The number of alkyl carbamates (subject to hydrolysis) is 2. The predicted octanol–water partition coefficient (Wildman–Crippen LogP) is 2.23. The smallest absolute Gasteiger partial charge is 0.408 e. The van der Waals surface area contributed by atoms with Crippen molar-refractivity contribution in [3.05, 3.63) is 34.9 Å². The van der Waals surface area contributed by atoms with E-state index in [1.165, 1.54) is 0 Å². The summed E-state index contributed by atoms with van der Waals surface area (Å²) in [6, 6.07) is 6.13. The number of carbonyl (C=O) groups is 4. The van der Waals surface area contributed by atoms with Crippen LogP contribution >= 0.6 is 11.6 Å². The van der Waals surface area contributed by atoms with Gasteiger partial charge in [-0.1, -0.05) is 29.8 Å². The Morgan fingerprint density at radius 1 is 1.06 bits per heavy atom. The summed E-state index contributed by atoms with van der Waals surface area (Å²) in [6.07, 6.45) is -0.0581. The molecule has 0 radical (unpaired) electrons. The fourth-order valence-corrected chi connectivity index (χ4v) is 2.68. The highest BCUT2D eigenvalue weighted by atomic mass is 35.5. The van der Waals surface area contributed by atoms with E-state index in [9.17, 15) is 19.2 Å². The van der Waals surface area contributed by atoms with E-state index in [1.807, 2.05) is 0 Å². The summed E-state index contributed by atoms with van der Waals surface area (Å²) in [6.45, 7) is 5.11. The van der Waals surface area contributed by atoms with Crippen LogP contribution in [0.15, 0.2) is 24.3 Å². The third-order valence-electron chi connectivity index (χ3n) is 3.95. The lowest BCUT2D eigenvalue weighted by Gasteiger charge is -2.23. The van der Waals surface area contributed by atoms with Crippen LogP contribution < -0.4 is 21.7 Å². The molecule has 0 heterocycles. The van der Waals surface area contributed by atoms with Crippen LogP contribution in [0.25, 0.3) is 0 Å². The number of nitrogens with two attached hydrogens (primary N) is 1. The molecule has 1 aromatic carbocycles. The summed E-state index contributed by atoms with van der Waals surface area (Å²) in [7, 11) is 0. The van der Waals surface area contributed by atoms with Crippen LogP contribution in [0, 0.1) is 0 Å². The standard InChI is InChI=1S/C21H31ClN4O6/c1-21(2,3)32-20(30)26-16(18(28)25-12-17(23)27)10-6-7-11-24-19(29)31-13-14-8-4-5-9-15(14)22/h4-5,8-9,16H,6-7,10-13H2,1-3H3,(H2,23,27)(H,24,29)(H,25,28)(H,26,30). The largest absolute Gasteiger partial charge is 0.445 e. The van der Waals surface area contributed by atoms with Gasteiger partial charge in [0.25, 0.3) is 0 Å². The van der Waals surface area contributed by atoms with Crippen molar-refractivity contribution in [2.75, 3.05) is 13.1 Å². The van der Waals surface area contributed by atoms with Crippen LogP contribution in [0.1, 0.15) is 45.6 Å². The molecule has 0 spiro atoms. The van der Waals surface area contributed by atoms with Gasteiger partial charge in [-0.05, 0) is 46.1 Å². The maximum Gasteiger partial charge on any atom is 0.408 e. The van der Waals surface area contributed by atoms with E-state index in [0.29, 0.717) is 30.0 Å². The van der Waals surface area contributed by atoms with Crippen molar-refractivity contribution in [3.63, 3.8) is 0 Å². The lowest BCUT2D eigenvalue weighted by Crippen LogP contribution is -2.49. The van der Waals surface area contributed by atoms with Crippen molar-refractivity contribution >= 4 is 35.6 Å². The second-order valence-electron chi connectivity index (χ2n) is 7.97. The van der Waals surface area contributed by atoms with Crippen LogP contribution in [0.3, 0.4) is 0 Å². The molecule has 0 bridgehead atoms. The summed E-state index contributed by atoms with van der Waals surface area (Å²) in [4.78, 5) is 47.0. The molecule has 4 amide bonds. The molecule has 0 saturated heterocycles. The molecule has 178 valence electrons. The number of primary amides is 1. The lowest BCUT2D eigenvalue weighted by molar-refractivity contribution is -0.126. The zero-order chi connectivity index (χ0) is 24.1. The molecule has 32 heavy (non-hydrogen) atoms. The number of nitrogens with one attached hydrogen (secondary N) is 3. The van der Waals surface area contributed by atoms with Crippen molar-refractivity contribution in [2.24, 2.45) is 5.73 Å². The predicted molar refractivity (Wildman–Crippen MR) is 119 cm³/mol. The van der Waals surface area contributed by atoms with E-state index >= 15 is 0 Å². The van der Waals surface area contributed by atoms with Crippen molar-refractivity contribution in [3.8, 4) is 0 Å². The molecule has 5 N–H and O–H groups in total. The zero-order valence-electron chi connectivity index (χ0n) is 18.5. The molecule has 0 fully saturated rings. The van der Waals surface area contributed by atoms with Crippen LogP contribution in [-0.2, 0) is 25.7 Å². The number of halogens is 1. The molecule has 10 nitrogen and oxygen atoms in total. The highest BCUT2D eigenvalue weighted by Crippen LogP contribution is 2.15. The topological polar surface area (TPSA) is 149 Å². The van der Waals surface area contributed by atoms with Crippen LogP contribution in [-0.4, -0.2) is 48.7 Å². The molecule has 1 unspecified atom stereocenters. The summed E-state index contributed by atoms with van der Waals surface area (Å²) >= 11 is 6.01. The van der Waals surface area contributed by atoms with Gasteiger partial charge in [-0.15, -0.1) is 0 Å². The zero-order valence-corrected chi connectivity index (χ0v) is 19.3. The number of ether oxygens (including phenoxy) is 2. The SMILES string of the molecule is CC(C)(C)OC(=O)NC(CCCCNC(=O)OCc1ccccc1Cl)C(=O)NCC(N)=O. The second kappa shape index (κ2) is 13.4. The van der Waals surface area contributed by atoms with E-state index in [-0.39, 0.29) is 19.6 Å². The average molecular weight is 471 g/mol. The Morgan fingerprint density at radius 3 is 2.38 bits per heavy atom. The van der Waals surface area contributed by atoms with Gasteiger partial charge < -0.3 is 31.2 Å². The fourth-order valence-electron chi connectivity index (χ4n) is 2.49. The molecule has 0 aromatic heterocycles. The van der Waals surface area contributed by atoms with E-state index < -0.39 is 35.6 Å². The first-order valence-corrected chi connectivity index (χ1v) is 10.6. The minimum atomic E-state index is -0.920. The maximum atomic E-state index is 12.3. The number of hydrogen-bond donors (Lipinski definition) is 4. The van der Waals surface area contributed by atoms with Gasteiger partial charge in [0.05, 0.1) is 6.54 Å². The Labute approximate surface area is 192 Å². The minimum absolute atomic E-state index is 0.0490. The van der Waals surface area contributed by atoms with Crippen LogP contribution in [0.4, 0.5) is 9.59 Å². The molecular formula is C21H31ClN4O6. The number of rotatable bonds is 11. The third-order valence-corrected chi connectivity index (χ3v) is 4.32. The monoisotopic (exact) mass is 470 g/mol. The van der Waals surface area contributed by atoms with Gasteiger partial charge in [0.15, 0.2) is 0 Å². The van der Waals surface area contributed by atoms with Crippen molar-refractivity contribution in [2.45, 2.75) is 58.3 Å². The molecule has 0 aliphatic heterocycles. The molecular weight excluding hydrogens is 440 g/mol. The van der Waals surface area contributed by atoms with Crippen LogP contribution in [0.2, 0.25) is 5.02 Å². The fraction of sp³-hybridized carbons (Fsp3) is 0.524. The molecule has 0 aliphatic carbocycles. The summed E-state index contributed by atoms with van der Waals surface area (Å²) < 4.78 is 10.3. The second-order valence-corrected chi connectivity index (χ2v) is 8.38. The van der Waals surface area contributed by atoms with E-state index in [0.717, 1.165) is 0 Å². The Kier molecular flexibility index (Phi) is 11.3. The third kappa shape index (κ3) is 12.0. The summed E-state index contributed by atoms with van der Waals surface area (Å²) in [5.41, 5.74) is 5.01. The van der Waals surface area contributed by atoms with E-state index in [1.54, 1.807) is 45.0 Å². The van der Waals surface area contributed by atoms with Crippen molar-refractivity contribution in [1.82, 2.24) is 16.0 Å². The molecule has 1 rings (SSSR count). The Balaban J connectivity index is 2.41. The molecule has 1 aromatic rings. The van der Waals surface area contributed by atoms with E-state index in [4.69, 9.17) is 26.8 Å². The molecule has 11 heteroatoms. The Bertz CT molecular complexity index is 797. The van der Waals surface area contributed by atoms with Crippen LogP contribution in [0.5, 0.6) is 0 Å². The maximum absolute atomic E-state index is 12.3. The number of carbonyl (C=O) groups excluding carboxylic acids is 4. The van der Waals surface area contributed by atoms with Crippen molar-refractivity contribution < 1.29 is 28.7 Å². The normalized spacial score (nSPS) is 11.8. The van der Waals surface area contributed by atoms with Gasteiger partial charge in [-0.2, -0.15) is 0 Å². The van der Waals surface area contributed by atoms with Gasteiger partial charge in [0.2, 0.25) is 11.8 Å². The highest BCUT2D eigenvalue weighted by Gasteiger charge is 2.24. The van der Waals surface area contributed by atoms with Gasteiger partial charge in [0.1, 0.15) is 18.2 Å². The highest BCUT2D eigenvalue weighted by molar-refractivity contribution is 6.31. The average Bonchev–Trinajstić information content (AvgIpc) is 2.68. The summed E-state index contributed by atoms with van der Waals surface area (Å²) in [5, 5.41) is 7.97. The first-order chi connectivity index (χ1) is 15.0. The molecule has 1 atom stereocenters. The Hall–Kier alpha value is -3.01. The quantitative estimate of drug-likeness (QED) is 0.364. The molecule has 0 saturated carbocycles. The van der Waals surface area contributed by atoms with Crippen molar-refractivity contribution in [1.29, 1.82) is 0 Å². The first kappa shape index (κ1) is 27.0. The minimum Gasteiger partial charge on any atom is -0.445 e. The first-order valence-electron chi connectivity index (χ1n) is 10.2. The van der Waals surface area contributed by atoms with Gasteiger partial charge >= 0.3 is 12.2 Å². The van der Waals surface area contributed by atoms with E-state index in [2.05, 4.69) is 16.0 Å². The number of amides is 4. The van der Waals surface area contributed by atoms with Gasteiger partial charge in [-0.3, -0.25) is 9.59 Å². The number of benzene rings is 1. The molecule has 0 aliphatic rings. The number of unbranched alkanes of at least 4 members (excludes halogenated alkanes) is 1. The van der Waals surface area contributed by atoms with Gasteiger partial charge in [0, 0.05) is 17.1 Å². The van der Waals surface area contributed by atoms with Gasteiger partial charge in [-0.25, -0.2) is 9.59 Å².